The first-order chi connectivity index (χ1) is 22.3. The molecule has 6 atom stereocenters. The summed E-state index contributed by atoms with van der Waals surface area (Å²) in [6.07, 6.45) is -2.38. The zero-order valence-corrected chi connectivity index (χ0v) is 25.4. The lowest BCUT2D eigenvalue weighted by Crippen LogP contribution is -2.55. The largest absolute Gasteiger partial charge is 0.273 e. The normalized spacial score (nSPS) is 27.2. The topological polar surface area (TPSA) is 99.7 Å². The SMILES string of the molecule is O=C1[C@H]2[C@@H]([C@@H]3[C@@H]4C(=O)N(c5ccc(Cl)cc5)C(=O)[C@@H]4ON3c3ccccc3)N(c3ccccc3)O[C@H]2C(=O)N1c1ccc(Cl)cc1. The third kappa shape index (κ3) is 4.33. The Bertz CT molecular complexity index is 1720. The highest BCUT2D eigenvalue weighted by Gasteiger charge is 2.69. The summed E-state index contributed by atoms with van der Waals surface area (Å²) < 4.78 is 0. The van der Waals surface area contributed by atoms with E-state index in [1.54, 1.807) is 72.8 Å². The van der Waals surface area contributed by atoms with Crippen molar-refractivity contribution in [2.24, 2.45) is 11.8 Å². The lowest BCUT2D eigenvalue weighted by molar-refractivity contribution is -0.128. The van der Waals surface area contributed by atoms with Crippen LogP contribution in [-0.2, 0) is 28.9 Å². The Kier molecular flexibility index (Phi) is 6.84. The average Bonchev–Trinajstić information content (AvgIpc) is 3.78. The number of anilines is 4. The highest BCUT2D eigenvalue weighted by atomic mass is 35.5. The van der Waals surface area contributed by atoms with Crippen molar-refractivity contribution < 1.29 is 28.9 Å². The Hall–Kier alpha value is -4.74. The Morgan fingerprint density at radius 1 is 0.435 bits per heavy atom. The molecule has 0 unspecified atom stereocenters. The van der Waals surface area contributed by atoms with Crippen LogP contribution in [0.4, 0.5) is 22.7 Å². The van der Waals surface area contributed by atoms with Crippen molar-refractivity contribution in [3.63, 3.8) is 0 Å². The molecule has 0 bridgehead atoms. The molecule has 12 heteroatoms. The van der Waals surface area contributed by atoms with Gasteiger partial charge >= 0.3 is 0 Å². The van der Waals surface area contributed by atoms with Crippen molar-refractivity contribution in [3.8, 4) is 0 Å². The Balaban J connectivity index is 1.27. The van der Waals surface area contributed by atoms with Gasteiger partial charge in [0.25, 0.3) is 11.8 Å². The third-order valence-electron chi connectivity index (χ3n) is 8.86. The number of benzene rings is 4. The van der Waals surface area contributed by atoms with E-state index in [4.69, 9.17) is 32.9 Å². The number of hydrogen-bond donors (Lipinski definition) is 0. The zero-order chi connectivity index (χ0) is 31.7. The van der Waals surface area contributed by atoms with Crippen LogP contribution >= 0.6 is 23.2 Å². The lowest BCUT2D eigenvalue weighted by Gasteiger charge is -2.37. The minimum atomic E-state index is -1.19. The molecule has 0 radical (unpaired) electrons. The molecule has 4 aromatic carbocycles. The molecule has 4 amide bonds. The number of hydroxylamine groups is 2. The van der Waals surface area contributed by atoms with Crippen LogP contribution in [0.25, 0.3) is 0 Å². The molecular formula is C34H24Cl2N4O6. The number of carbonyl (C=O) groups is 4. The fraction of sp³-hybridized carbons (Fsp3) is 0.176. The fourth-order valence-electron chi connectivity index (χ4n) is 6.89. The predicted molar refractivity (Wildman–Crippen MR) is 170 cm³/mol. The van der Waals surface area contributed by atoms with Crippen LogP contribution < -0.4 is 19.9 Å². The van der Waals surface area contributed by atoms with Gasteiger partial charge in [0.2, 0.25) is 11.8 Å². The second kappa shape index (κ2) is 11.0. The highest BCUT2D eigenvalue weighted by Crippen LogP contribution is 2.49. The third-order valence-corrected chi connectivity index (χ3v) is 9.37. The molecule has 46 heavy (non-hydrogen) atoms. The van der Waals surface area contributed by atoms with Crippen LogP contribution in [0, 0.1) is 11.8 Å². The first-order valence-electron chi connectivity index (χ1n) is 14.6. The summed E-state index contributed by atoms with van der Waals surface area (Å²) in [4.78, 5) is 71.5. The summed E-state index contributed by atoms with van der Waals surface area (Å²) in [5, 5.41) is 3.96. The van der Waals surface area contributed by atoms with Crippen LogP contribution in [-0.4, -0.2) is 47.9 Å². The van der Waals surface area contributed by atoms with Crippen molar-refractivity contribution in [3.05, 3.63) is 119 Å². The van der Waals surface area contributed by atoms with Crippen LogP contribution in [0.1, 0.15) is 0 Å². The van der Waals surface area contributed by atoms with Crippen LogP contribution in [0.3, 0.4) is 0 Å². The molecule has 0 saturated carbocycles. The molecule has 0 aromatic heterocycles. The maximum atomic E-state index is 14.4. The molecule has 4 saturated heterocycles. The monoisotopic (exact) mass is 654 g/mol. The number of amides is 4. The van der Waals surface area contributed by atoms with Gasteiger partial charge in [-0.15, -0.1) is 0 Å². The van der Waals surface area contributed by atoms with E-state index in [0.29, 0.717) is 32.8 Å². The Morgan fingerprint density at radius 2 is 0.783 bits per heavy atom. The summed E-state index contributed by atoms with van der Waals surface area (Å²) in [6.45, 7) is 0. The Labute approximate surface area is 273 Å². The minimum Gasteiger partial charge on any atom is -0.273 e. The summed E-state index contributed by atoms with van der Waals surface area (Å²) in [5.74, 6) is -4.17. The minimum absolute atomic E-state index is 0.351. The molecule has 4 aliphatic heterocycles. The molecule has 0 aliphatic carbocycles. The number of halogens is 2. The smallest absolute Gasteiger partial charge is 0.266 e. The quantitative estimate of drug-likeness (QED) is 0.276. The van der Waals surface area contributed by atoms with E-state index in [2.05, 4.69) is 0 Å². The van der Waals surface area contributed by atoms with Gasteiger partial charge in [-0.2, -0.15) is 0 Å². The van der Waals surface area contributed by atoms with Gasteiger partial charge in [-0.25, -0.2) is 19.9 Å². The maximum Gasteiger partial charge on any atom is 0.266 e. The molecule has 4 aliphatic rings. The number of carbonyl (C=O) groups excluding carboxylic acids is 4. The summed E-state index contributed by atoms with van der Waals surface area (Å²) in [6, 6.07) is 29.0. The van der Waals surface area contributed by atoms with Gasteiger partial charge in [-0.3, -0.25) is 28.9 Å². The van der Waals surface area contributed by atoms with Gasteiger partial charge in [-0.05, 0) is 72.8 Å². The van der Waals surface area contributed by atoms with E-state index < -0.39 is 59.8 Å². The van der Waals surface area contributed by atoms with E-state index in [0.717, 1.165) is 9.80 Å². The molecule has 4 heterocycles. The van der Waals surface area contributed by atoms with E-state index >= 15 is 0 Å². The summed E-state index contributed by atoms with van der Waals surface area (Å²) in [7, 11) is 0. The fourth-order valence-corrected chi connectivity index (χ4v) is 7.14. The molecule has 4 aromatic rings. The van der Waals surface area contributed by atoms with Crippen molar-refractivity contribution in [2.75, 3.05) is 19.9 Å². The lowest BCUT2D eigenvalue weighted by atomic mass is 9.82. The second-order valence-corrected chi connectivity index (χ2v) is 12.3. The average molecular weight is 655 g/mol. The standard InChI is InChI=1S/C34H24Cl2N4O6/c35-19-11-15-21(16-12-19)37-31(41)25-27(39(45-29(25)33(37)43)23-7-3-1-4-8-23)28-26-30(46-40(28)24-9-5-2-6-10-24)34(44)38(32(26)42)22-17-13-20(36)14-18-22/h1-18,25-30H/t25-,26-,27-,28-,29+,30+/m0/s1. The van der Waals surface area contributed by atoms with Crippen molar-refractivity contribution in [1.29, 1.82) is 0 Å². The van der Waals surface area contributed by atoms with Crippen LogP contribution in [0.2, 0.25) is 10.0 Å². The zero-order valence-electron chi connectivity index (χ0n) is 23.9. The predicted octanol–water partition coefficient (Wildman–Crippen LogP) is 5.05. The second-order valence-electron chi connectivity index (χ2n) is 11.4. The van der Waals surface area contributed by atoms with Gasteiger partial charge in [0.1, 0.15) is 11.8 Å². The van der Waals surface area contributed by atoms with Gasteiger partial charge < -0.3 is 0 Å². The number of rotatable bonds is 5. The number of imide groups is 2. The van der Waals surface area contributed by atoms with Crippen molar-refractivity contribution in [1.82, 2.24) is 0 Å². The number of nitrogens with zero attached hydrogens (tertiary/aromatic N) is 4. The summed E-state index contributed by atoms with van der Waals surface area (Å²) >= 11 is 12.2. The van der Waals surface area contributed by atoms with Crippen LogP contribution in [0.15, 0.2) is 109 Å². The van der Waals surface area contributed by atoms with E-state index in [9.17, 15) is 19.2 Å². The van der Waals surface area contributed by atoms with E-state index in [1.807, 2.05) is 36.4 Å². The number of hydrogen-bond acceptors (Lipinski definition) is 8. The van der Waals surface area contributed by atoms with Crippen LogP contribution in [0.5, 0.6) is 0 Å². The van der Waals surface area contributed by atoms with Gasteiger partial charge in [-0.1, -0.05) is 59.6 Å². The molecular weight excluding hydrogens is 631 g/mol. The van der Waals surface area contributed by atoms with Crippen molar-refractivity contribution >= 4 is 69.6 Å². The van der Waals surface area contributed by atoms with E-state index in [1.165, 1.54) is 10.1 Å². The van der Waals surface area contributed by atoms with Gasteiger partial charge in [0.15, 0.2) is 12.2 Å². The van der Waals surface area contributed by atoms with Crippen molar-refractivity contribution in [2.45, 2.75) is 24.3 Å². The first-order valence-corrected chi connectivity index (χ1v) is 15.4. The molecule has 230 valence electrons. The summed E-state index contributed by atoms with van der Waals surface area (Å²) in [5.41, 5.74) is 1.85. The maximum absolute atomic E-state index is 14.4. The molecule has 0 spiro atoms. The van der Waals surface area contributed by atoms with Gasteiger partial charge in [0, 0.05) is 10.0 Å². The molecule has 8 rings (SSSR count). The number of para-hydroxylation sites is 2. The highest BCUT2D eigenvalue weighted by molar-refractivity contribution is 6.31. The molecule has 4 fully saturated rings. The van der Waals surface area contributed by atoms with Gasteiger partial charge in [0.05, 0.1) is 34.8 Å². The van der Waals surface area contributed by atoms with E-state index in [-0.39, 0.29) is 0 Å². The molecule has 10 nitrogen and oxygen atoms in total. The Morgan fingerprint density at radius 3 is 1.13 bits per heavy atom. The number of fused-ring (bicyclic) bond motifs is 2. The first kappa shape index (κ1) is 28.7. The molecule has 0 N–H and O–H groups in total.